The summed E-state index contributed by atoms with van der Waals surface area (Å²) in [6, 6.07) is 0. The van der Waals surface area contributed by atoms with Gasteiger partial charge in [-0.3, -0.25) is 4.55 Å². The van der Waals surface area contributed by atoms with Crippen molar-refractivity contribution in [1.29, 1.82) is 0 Å². The largest absolute Gasteiger partial charge is 0.506 e. The Morgan fingerprint density at radius 1 is 1.20 bits per heavy atom. The van der Waals surface area contributed by atoms with E-state index in [4.69, 9.17) is 9.47 Å². The molecule has 1 rings (SSSR count). The second-order valence-corrected chi connectivity index (χ2v) is 5.93. The maximum Gasteiger partial charge on any atom is 0.301 e. The molecule has 0 saturated heterocycles. The number of benzene rings is 1. The molecule has 1 unspecified atom stereocenters. The van der Waals surface area contributed by atoms with Gasteiger partial charge < -0.3 is 14.6 Å². The van der Waals surface area contributed by atoms with Crippen molar-refractivity contribution in [1.82, 2.24) is 0 Å². The lowest BCUT2D eigenvalue weighted by molar-refractivity contribution is 0.351. The highest BCUT2D eigenvalue weighted by Gasteiger charge is 2.31. The van der Waals surface area contributed by atoms with Crippen molar-refractivity contribution in [3.63, 3.8) is 0 Å². The number of ether oxygens (including phenoxy) is 2. The molecular weight excluding hydrogens is 284 g/mol. The number of aromatic hydroxyl groups is 1. The van der Waals surface area contributed by atoms with E-state index in [1.807, 2.05) is 13.8 Å². The summed E-state index contributed by atoms with van der Waals surface area (Å²) in [5.74, 6) is -0.351. The summed E-state index contributed by atoms with van der Waals surface area (Å²) in [4.78, 5) is -0.617. The second-order valence-electron chi connectivity index (χ2n) is 4.57. The van der Waals surface area contributed by atoms with Crippen LogP contribution in [-0.2, 0) is 10.1 Å². The average molecular weight is 304 g/mol. The molecule has 0 fully saturated rings. The van der Waals surface area contributed by atoms with Crippen LogP contribution in [0.25, 0.3) is 0 Å². The van der Waals surface area contributed by atoms with Crippen LogP contribution in [0.2, 0.25) is 0 Å². The molecule has 1 aromatic rings. The fourth-order valence-electron chi connectivity index (χ4n) is 2.17. The van der Waals surface area contributed by atoms with Gasteiger partial charge in [0.15, 0.2) is 10.6 Å². The van der Waals surface area contributed by atoms with E-state index in [0.29, 0.717) is 17.7 Å². The minimum absolute atomic E-state index is 0.0697. The van der Waals surface area contributed by atoms with Gasteiger partial charge in [-0.05, 0) is 19.3 Å². The molecule has 0 aliphatic rings. The lowest BCUT2D eigenvalue weighted by Gasteiger charge is -2.22. The molecular formula is C13H20O6S. The van der Waals surface area contributed by atoms with E-state index in [9.17, 15) is 18.1 Å². The molecule has 0 bridgehead atoms. The van der Waals surface area contributed by atoms with Crippen LogP contribution in [0, 0.1) is 6.92 Å². The molecule has 6 nitrogen and oxygen atoms in total. The number of hydrogen-bond donors (Lipinski definition) is 2. The van der Waals surface area contributed by atoms with Crippen LogP contribution >= 0.6 is 0 Å². The predicted molar refractivity (Wildman–Crippen MR) is 74.5 cm³/mol. The van der Waals surface area contributed by atoms with E-state index in [1.54, 1.807) is 0 Å². The SMILES string of the molecule is CCC(C)c1c(OC)c(C)c(O)c(S(=O)(=O)O)c1OC. The number of rotatable bonds is 5. The van der Waals surface area contributed by atoms with Gasteiger partial charge in [-0.2, -0.15) is 8.42 Å². The van der Waals surface area contributed by atoms with Gasteiger partial charge in [0, 0.05) is 11.1 Å². The Hall–Kier alpha value is -1.47. The summed E-state index contributed by atoms with van der Waals surface area (Å²) < 4.78 is 42.8. The Bertz CT molecular complexity index is 606. The fourth-order valence-corrected chi connectivity index (χ4v) is 2.99. The first-order valence-electron chi connectivity index (χ1n) is 6.15. The second kappa shape index (κ2) is 5.88. The summed E-state index contributed by atoms with van der Waals surface area (Å²) in [7, 11) is -1.91. The molecule has 0 heterocycles. The maximum atomic E-state index is 11.5. The summed E-state index contributed by atoms with van der Waals surface area (Å²) >= 11 is 0. The summed E-state index contributed by atoms with van der Waals surface area (Å²) in [6.07, 6.45) is 0.710. The molecule has 0 aliphatic carbocycles. The molecule has 2 N–H and O–H groups in total. The highest BCUT2D eigenvalue weighted by atomic mass is 32.2. The number of methoxy groups -OCH3 is 2. The standard InChI is InChI=1S/C13H20O6S/c1-6-7(2)9-11(18-4)8(3)10(14)13(12(9)19-5)20(15,16)17/h7,14H,6H2,1-5H3,(H,15,16,17). The van der Waals surface area contributed by atoms with Crippen molar-refractivity contribution in [3.05, 3.63) is 11.1 Å². The third kappa shape index (κ3) is 2.69. The topological polar surface area (TPSA) is 93.1 Å². The maximum absolute atomic E-state index is 11.5. The molecule has 20 heavy (non-hydrogen) atoms. The zero-order valence-corrected chi connectivity index (χ0v) is 13.0. The van der Waals surface area contributed by atoms with Gasteiger partial charge in [-0.25, -0.2) is 0 Å². The molecule has 0 radical (unpaired) electrons. The lowest BCUT2D eigenvalue weighted by atomic mass is 9.94. The molecule has 1 aromatic carbocycles. The van der Waals surface area contributed by atoms with Gasteiger partial charge in [-0.15, -0.1) is 0 Å². The molecule has 1 atom stereocenters. The lowest BCUT2D eigenvalue weighted by Crippen LogP contribution is -2.09. The number of phenols is 1. The molecule has 0 spiro atoms. The van der Waals surface area contributed by atoms with Crippen LogP contribution in [0.4, 0.5) is 0 Å². The van der Waals surface area contributed by atoms with E-state index < -0.39 is 20.8 Å². The van der Waals surface area contributed by atoms with Gasteiger partial charge in [0.2, 0.25) is 0 Å². The smallest absolute Gasteiger partial charge is 0.301 e. The third-order valence-electron chi connectivity index (χ3n) is 3.38. The minimum atomic E-state index is -4.62. The van der Waals surface area contributed by atoms with E-state index in [2.05, 4.69) is 0 Å². The minimum Gasteiger partial charge on any atom is -0.506 e. The zero-order valence-electron chi connectivity index (χ0n) is 12.2. The van der Waals surface area contributed by atoms with Crippen molar-refractivity contribution in [2.24, 2.45) is 0 Å². The van der Waals surface area contributed by atoms with Crippen LogP contribution in [0.3, 0.4) is 0 Å². The first-order valence-corrected chi connectivity index (χ1v) is 7.59. The monoisotopic (exact) mass is 304 g/mol. The van der Waals surface area contributed by atoms with Crippen LogP contribution in [0.5, 0.6) is 17.2 Å². The molecule has 0 amide bonds. The first-order chi connectivity index (χ1) is 9.20. The molecule has 0 aliphatic heterocycles. The number of phenolic OH excluding ortho intramolecular Hbond substituents is 1. The third-order valence-corrected chi connectivity index (χ3v) is 4.27. The highest BCUT2D eigenvalue weighted by molar-refractivity contribution is 7.86. The summed E-state index contributed by atoms with van der Waals surface area (Å²) in [6.45, 7) is 5.33. The predicted octanol–water partition coefficient (Wildman–Crippen LogP) is 2.48. The van der Waals surface area contributed by atoms with Gasteiger partial charge in [-0.1, -0.05) is 13.8 Å². The normalized spacial score (nSPS) is 13.1. The molecule has 0 saturated carbocycles. The van der Waals surface area contributed by atoms with Crippen LogP contribution in [-0.4, -0.2) is 32.3 Å². The zero-order chi connectivity index (χ0) is 15.7. The Balaban J connectivity index is 3.95. The van der Waals surface area contributed by atoms with Gasteiger partial charge in [0.1, 0.15) is 11.5 Å². The van der Waals surface area contributed by atoms with Crippen molar-refractivity contribution in [2.45, 2.75) is 38.0 Å². The van der Waals surface area contributed by atoms with Gasteiger partial charge >= 0.3 is 10.1 Å². The van der Waals surface area contributed by atoms with Gasteiger partial charge in [0.05, 0.1) is 14.2 Å². The van der Waals surface area contributed by atoms with E-state index >= 15 is 0 Å². The van der Waals surface area contributed by atoms with Crippen LogP contribution in [0.15, 0.2) is 4.90 Å². The van der Waals surface area contributed by atoms with Gasteiger partial charge in [0.25, 0.3) is 0 Å². The molecule has 114 valence electrons. The van der Waals surface area contributed by atoms with E-state index in [1.165, 1.54) is 21.1 Å². The first kappa shape index (κ1) is 16.6. The quantitative estimate of drug-likeness (QED) is 0.812. The van der Waals surface area contributed by atoms with E-state index in [-0.39, 0.29) is 17.2 Å². The Morgan fingerprint density at radius 2 is 1.70 bits per heavy atom. The highest BCUT2D eigenvalue weighted by Crippen LogP contribution is 2.48. The Morgan fingerprint density at radius 3 is 2.05 bits per heavy atom. The average Bonchev–Trinajstić information content (AvgIpc) is 2.38. The van der Waals surface area contributed by atoms with Crippen LogP contribution < -0.4 is 9.47 Å². The van der Waals surface area contributed by atoms with Crippen molar-refractivity contribution >= 4 is 10.1 Å². The summed E-state index contributed by atoms with van der Waals surface area (Å²) in [5.41, 5.74) is 0.761. The fraction of sp³-hybridized carbons (Fsp3) is 0.538. The van der Waals surface area contributed by atoms with Crippen molar-refractivity contribution in [3.8, 4) is 17.2 Å². The summed E-state index contributed by atoms with van der Waals surface area (Å²) in [5, 5.41) is 10.0. The van der Waals surface area contributed by atoms with Crippen molar-refractivity contribution < 1.29 is 27.6 Å². The van der Waals surface area contributed by atoms with Crippen LogP contribution in [0.1, 0.15) is 37.3 Å². The Labute approximate surface area is 119 Å². The number of hydrogen-bond acceptors (Lipinski definition) is 5. The van der Waals surface area contributed by atoms with Crippen molar-refractivity contribution in [2.75, 3.05) is 14.2 Å². The molecule has 0 aromatic heterocycles. The molecule has 7 heteroatoms. The van der Waals surface area contributed by atoms with E-state index in [0.717, 1.165) is 0 Å². The Kier molecular flexibility index (Phi) is 4.88.